The highest BCUT2D eigenvalue weighted by atomic mass is 79.9. The van der Waals surface area contributed by atoms with Crippen molar-refractivity contribution >= 4 is 27.5 Å². The number of ether oxygens (including phenoxy) is 2. The van der Waals surface area contributed by atoms with Gasteiger partial charge in [0.2, 0.25) is 0 Å². The summed E-state index contributed by atoms with van der Waals surface area (Å²) in [5.41, 5.74) is 1.80. The Hall–Kier alpha value is -1.30. The summed E-state index contributed by atoms with van der Waals surface area (Å²) in [5, 5.41) is 3.70. The summed E-state index contributed by atoms with van der Waals surface area (Å²) in [6.07, 6.45) is 1.08. The SMILES string of the molecule is CCCNCc1cc(OC)c(OCc2ccc(F)cc2Cl)cc1Br. The zero-order valence-corrected chi connectivity index (χ0v) is 16.0. The summed E-state index contributed by atoms with van der Waals surface area (Å²) >= 11 is 9.59. The van der Waals surface area contributed by atoms with Gasteiger partial charge in [-0.15, -0.1) is 0 Å². The van der Waals surface area contributed by atoms with Crippen LogP contribution >= 0.6 is 27.5 Å². The summed E-state index contributed by atoms with van der Waals surface area (Å²) < 4.78 is 25.3. The van der Waals surface area contributed by atoms with Crippen LogP contribution in [0.5, 0.6) is 11.5 Å². The quantitative estimate of drug-likeness (QED) is 0.590. The molecule has 0 radical (unpaired) electrons. The van der Waals surface area contributed by atoms with Crippen molar-refractivity contribution < 1.29 is 13.9 Å². The smallest absolute Gasteiger partial charge is 0.162 e. The molecule has 0 atom stereocenters. The number of hydrogen-bond donors (Lipinski definition) is 1. The normalized spacial score (nSPS) is 10.7. The molecule has 0 amide bonds. The lowest BCUT2D eigenvalue weighted by Gasteiger charge is -2.15. The van der Waals surface area contributed by atoms with Crippen molar-refractivity contribution in [2.24, 2.45) is 0 Å². The van der Waals surface area contributed by atoms with Gasteiger partial charge >= 0.3 is 0 Å². The van der Waals surface area contributed by atoms with Crippen molar-refractivity contribution in [1.82, 2.24) is 5.32 Å². The molecule has 0 bridgehead atoms. The Morgan fingerprint density at radius 1 is 1.17 bits per heavy atom. The average Bonchev–Trinajstić information content (AvgIpc) is 2.56. The summed E-state index contributed by atoms with van der Waals surface area (Å²) in [6.45, 7) is 4.06. The molecular weight excluding hydrogens is 397 g/mol. The van der Waals surface area contributed by atoms with E-state index in [9.17, 15) is 4.39 Å². The highest BCUT2D eigenvalue weighted by Crippen LogP contribution is 2.34. The fourth-order valence-corrected chi connectivity index (χ4v) is 2.86. The van der Waals surface area contributed by atoms with E-state index < -0.39 is 0 Å². The molecule has 2 rings (SSSR count). The highest BCUT2D eigenvalue weighted by molar-refractivity contribution is 9.10. The van der Waals surface area contributed by atoms with E-state index in [1.807, 2.05) is 12.1 Å². The van der Waals surface area contributed by atoms with Crippen LogP contribution in [0, 0.1) is 5.82 Å². The molecule has 0 aromatic heterocycles. The molecule has 0 fully saturated rings. The maximum atomic E-state index is 13.1. The molecule has 0 unspecified atom stereocenters. The van der Waals surface area contributed by atoms with Crippen molar-refractivity contribution in [1.29, 1.82) is 0 Å². The third kappa shape index (κ3) is 5.10. The predicted molar refractivity (Wildman–Crippen MR) is 98.4 cm³/mol. The lowest BCUT2D eigenvalue weighted by atomic mass is 10.2. The summed E-state index contributed by atoms with van der Waals surface area (Å²) in [4.78, 5) is 0. The molecule has 24 heavy (non-hydrogen) atoms. The number of methoxy groups -OCH3 is 1. The number of hydrogen-bond acceptors (Lipinski definition) is 3. The largest absolute Gasteiger partial charge is 0.493 e. The first-order valence-corrected chi connectivity index (χ1v) is 8.86. The van der Waals surface area contributed by atoms with Crippen LogP contribution in [-0.4, -0.2) is 13.7 Å². The molecule has 6 heteroatoms. The first kappa shape index (κ1) is 19.0. The molecule has 3 nitrogen and oxygen atoms in total. The van der Waals surface area contributed by atoms with Crippen molar-refractivity contribution in [2.75, 3.05) is 13.7 Å². The van der Waals surface area contributed by atoms with Crippen molar-refractivity contribution in [2.45, 2.75) is 26.5 Å². The number of benzene rings is 2. The molecule has 0 saturated carbocycles. The van der Waals surface area contributed by atoms with Crippen LogP contribution in [0.3, 0.4) is 0 Å². The second-order valence-corrected chi connectivity index (χ2v) is 6.56. The molecule has 0 saturated heterocycles. The summed E-state index contributed by atoms with van der Waals surface area (Å²) in [6, 6.07) is 8.06. The minimum atomic E-state index is -0.368. The number of nitrogens with one attached hydrogen (secondary N) is 1. The van der Waals surface area contributed by atoms with Gasteiger partial charge in [0.25, 0.3) is 0 Å². The molecule has 2 aromatic rings. The van der Waals surface area contributed by atoms with Gasteiger partial charge < -0.3 is 14.8 Å². The zero-order chi connectivity index (χ0) is 17.5. The van der Waals surface area contributed by atoms with Crippen LogP contribution in [-0.2, 0) is 13.2 Å². The van der Waals surface area contributed by atoms with E-state index in [0.29, 0.717) is 22.1 Å². The fourth-order valence-electron chi connectivity index (χ4n) is 2.18. The van der Waals surface area contributed by atoms with Crippen molar-refractivity contribution in [3.05, 3.63) is 56.8 Å². The van der Waals surface area contributed by atoms with Crippen LogP contribution in [0.4, 0.5) is 4.39 Å². The Kier molecular flexibility index (Phi) is 7.34. The molecule has 0 aliphatic carbocycles. The minimum Gasteiger partial charge on any atom is -0.493 e. The van der Waals surface area contributed by atoms with Gasteiger partial charge in [0.05, 0.1) is 12.1 Å². The van der Waals surface area contributed by atoms with Gasteiger partial charge in [0.15, 0.2) is 11.5 Å². The van der Waals surface area contributed by atoms with Crippen LogP contribution in [0.1, 0.15) is 24.5 Å². The van der Waals surface area contributed by atoms with Gasteiger partial charge in [-0.1, -0.05) is 40.5 Å². The third-order valence-corrected chi connectivity index (χ3v) is 4.56. The standard InChI is InChI=1S/C18H20BrClFNO2/c1-3-6-22-10-13-7-17(23-2)18(9-15(13)19)24-11-12-4-5-14(21)8-16(12)20/h4-5,7-9,22H,3,6,10-11H2,1-2H3. The van der Waals surface area contributed by atoms with E-state index in [1.54, 1.807) is 13.2 Å². The third-order valence-electron chi connectivity index (χ3n) is 3.47. The Bertz CT molecular complexity index is 697. The van der Waals surface area contributed by atoms with E-state index >= 15 is 0 Å². The number of rotatable bonds is 8. The molecule has 2 aromatic carbocycles. The van der Waals surface area contributed by atoms with Gasteiger partial charge in [0.1, 0.15) is 12.4 Å². The van der Waals surface area contributed by atoms with Crippen LogP contribution in [0.25, 0.3) is 0 Å². The van der Waals surface area contributed by atoms with Crippen molar-refractivity contribution in [3.8, 4) is 11.5 Å². The first-order chi connectivity index (χ1) is 11.5. The summed E-state index contributed by atoms with van der Waals surface area (Å²) in [7, 11) is 1.60. The second kappa shape index (κ2) is 9.25. The lowest BCUT2D eigenvalue weighted by molar-refractivity contribution is 0.284. The molecule has 0 spiro atoms. The predicted octanol–water partition coefficient (Wildman–Crippen LogP) is 5.33. The van der Waals surface area contributed by atoms with Gasteiger partial charge in [-0.25, -0.2) is 4.39 Å². The van der Waals surface area contributed by atoms with E-state index in [0.717, 1.165) is 29.5 Å². The number of halogens is 3. The van der Waals surface area contributed by atoms with Gasteiger partial charge in [0, 0.05) is 16.6 Å². The second-order valence-electron chi connectivity index (χ2n) is 5.30. The van der Waals surface area contributed by atoms with Crippen LogP contribution in [0.2, 0.25) is 5.02 Å². The van der Waals surface area contributed by atoms with Gasteiger partial charge in [-0.05, 0) is 42.8 Å². The Balaban J connectivity index is 2.13. The highest BCUT2D eigenvalue weighted by Gasteiger charge is 2.11. The van der Waals surface area contributed by atoms with Crippen LogP contribution < -0.4 is 14.8 Å². The van der Waals surface area contributed by atoms with Gasteiger partial charge in [-0.2, -0.15) is 0 Å². The minimum absolute atomic E-state index is 0.231. The maximum Gasteiger partial charge on any atom is 0.162 e. The van der Waals surface area contributed by atoms with E-state index in [2.05, 4.69) is 28.2 Å². The Morgan fingerprint density at radius 2 is 1.96 bits per heavy atom. The Morgan fingerprint density at radius 3 is 2.62 bits per heavy atom. The van der Waals surface area contributed by atoms with E-state index in [1.165, 1.54) is 12.1 Å². The molecule has 0 aliphatic heterocycles. The van der Waals surface area contributed by atoms with E-state index in [-0.39, 0.29) is 12.4 Å². The first-order valence-electron chi connectivity index (χ1n) is 7.69. The topological polar surface area (TPSA) is 30.5 Å². The molecular formula is C18H20BrClFNO2. The molecule has 1 N–H and O–H groups in total. The summed E-state index contributed by atoms with van der Waals surface area (Å²) in [5.74, 6) is 0.877. The lowest BCUT2D eigenvalue weighted by Crippen LogP contribution is -2.14. The Labute approximate surface area is 155 Å². The molecule has 0 aliphatic rings. The monoisotopic (exact) mass is 415 g/mol. The van der Waals surface area contributed by atoms with Crippen molar-refractivity contribution in [3.63, 3.8) is 0 Å². The fraction of sp³-hybridized carbons (Fsp3) is 0.333. The van der Waals surface area contributed by atoms with E-state index in [4.69, 9.17) is 21.1 Å². The van der Waals surface area contributed by atoms with Gasteiger partial charge in [-0.3, -0.25) is 0 Å². The zero-order valence-electron chi connectivity index (χ0n) is 13.7. The molecule has 130 valence electrons. The molecule has 0 heterocycles. The van der Waals surface area contributed by atoms with Crippen LogP contribution in [0.15, 0.2) is 34.8 Å². The average molecular weight is 417 g/mol. The maximum absolute atomic E-state index is 13.1.